The number of H-pyrrole nitrogens is 2. The molecule has 0 bridgehead atoms. The van der Waals surface area contributed by atoms with Gasteiger partial charge >= 0.3 is 0 Å². The summed E-state index contributed by atoms with van der Waals surface area (Å²) in [7, 11) is 3.06. The monoisotopic (exact) mass is 1070 g/mol. The first kappa shape index (κ1) is 54.5. The van der Waals surface area contributed by atoms with Crippen molar-refractivity contribution in [3.05, 3.63) is 186 Å². The molecule has 412 valence electrons. The van der Waals surface area contributed by atoms with Crippen molar-refractivity contribution in [3.8, 4) is 11.5 Å². The molecule has 4 atom stereocenters. The fourth-order valence-electron chi connectivity index (χ4n) is 13.1. The maximum Gasteiger partial charge on any atom is 0.256 e. The molecule has 0 aliphatic carbocycles. The minimum Gasteiger partial charge on any atom is -0.496 e. The van der Waals surface area contributed by atoms with Gasteiger partial charge < -0.3 is 39.2 Å². The molecule has 6 aromatic heterocycles. The van der Waals surface area contributed by atoms with Crippen LogP contribution in [0.1, 0.15) is 128 Å². The summed E-state index contributed by atoms with van der Waals surface area (Å²) in [6.45, 7) is 19.5. The van der Waals surface area contributed by atoms with Gasteiger partial charge in [-0.3, -0.25) is 38.9 Å². The Morgan fingerprint density at radius 2 is 1.20 bits per heavy atom. The third-order valence-corrected chi connectivity index (χ3v) is 17.1. The predicted octanol–water partition coefficient (Wildman–Crippen LogP) is 9.52. The Hall–Kier alpha value is -7.82. The van der Waals surface area contributed by atoms with Crippen molar-refractivity contribution in [1.29, 1.82) is 0 Å². The molecule has 2 aliphatic rings. The lowest BCUT2D eigenvalue weighted by molar-refractivity contribution is 0.0942. The van der Waals surface area contributed by atoms with Crippen molar-refractivity contribution in [2.24, 2.45) is 11.8 Å². The number of ether oxygens (including phenoxy) is 2. The number of likely N-dealkylation sites (tertiary alicyclic amines) is 2. The van der Waals surface area contributed by atoms with E-state index in [1.165, 1.54) is 25.3 Å². The van der Waals surface area contributed by atoms with E-state index in [4.69, 9.17) is 9.47 Å². The zero-order valence-corrected chi connectivity index (χ0v) is 47.0. The van der Waals surface area contributed by atoms with Gasteiger partial charge in [-0.15, -0.1) is 0 Å². The highest BCUT2D eigenvalue weighted by Gasteiger charge is 2.38. The van der Waals surface area contributed by atoms with Crippen LogP contribution in [0.25, 0.3) is 21.8 Å². The Labute approximate surface area is 461 Å². The molecule has 16 nitrogen and oxygen atoms in total. The quantitative estimate of drug-likeness (QED) is 0.0685. The first-order chi connectivity index (χ1) is 38.1. The van der Waals surface area contributed by atoms with Gasteiger partial charge in [0.15, 0.2) is 0 Å². The van der Waals surface area contributed by atoms with E-state index in [9.17, 15) is 14.4 Å². The number of amides is 2. The van der Waals surface area contributed by atoms with Crippen molar-refractivity contribution in [1.82, 2.24) is 49.5 Å². The lowest BCUT2D eigenvalue weighted by Crippen LogP contribution is -2.41. The highest BCUT2D eigenvalue weighted by atomic mass is 16.5. The molecule has 8 heterocycles. The minimum atomic E-state index is -0.304. The molecule has 2 aromatic carbocycles. The molecule has 2 saturated heterocycles. The molecule has 0 saturated carbocycles. The second kappa shape index (κ2) is 23.3. The predicted molar refractivity (Wildman–Crippen MR) is 309 cm³/mol. The number of aryl methyl sites for hydroxylation is 3. The van der Waals surface area contributed by atoms with Crippen LogP contribution in [0.15, 0.2) is 107 Å². The second-order valence-corrected chi connectivity index (χ2v) is 22.0. The number of carbonyl (C=O) groups excluding carboxylic acids is 2. The fourth-order valence-corrected chi connectivity index (χ4v) is 13.1. The SMILES string of the molecule is COc1cc(C)[nH]c(=O)c1CNC(=O)c1c(C)n([C@H](C)C2CCN(Cc3ccncc3)CC2)c2ccc(C3CN(Cc4ccnc(C)c4)CCC3[C@@H](C)n3c(C)c(C(=O)NCc4c(OC)cc(C)[nH]c4=O)c4ccccc43)cc12. The number of aromatic nitrogens is 6. The van der Waals surface area contributed by atoms with Gasteiger partial charge in [0.1, 0.15) is 11.5 Å². The molecular formula is C63H74N10O6. The Kier molecular flexibility index (Phi) is 16.1. The summed E-state index contributed by atoms with van der Waals surface area (Å²) >= 11 is 0. The van der Waals surface area contributed by atoms with E-state index in [1.54, 1.807) is 26.0 Å². The van der Waals surface area contributed by atoms with Gasteiger partial charge in [0.25, 0.3) is 22.9 Å². The van der Waals surface area contributed by atoms with E-state index in [2.05, 4.69) is 119 Å². The van der Waals surface area contributed by atoms with Crippen LogP contribution < -0.4 is 31.2 Å². The number of pyridine rings is 4. The molecule has 16 heteroatoms. The van der Waals surface area contributed by atoms with Gasteiger partial charge in [0.05, 0.1) is 49.6 Å². The molecule has 2 unspecified atom stereocenters. The van der Waals surface area contributed by atoms with Crippen LogP contribution in [0.2, 0.25) is 0 Å². The zero-order valence-electron chi connectivity index (χ0n) is 47.0. The molecule has 2 amide bonds. The van der Waals surface area contributed by atoms with Crippen LogP contribution in [0.5, 0.6) is 11.5 Å². The molecule has 4 N–H and O–H groups in total. The Bertz CT molecular complexity index is 3660. The largest absolute Gasteiger partial charge is 0.496 e. The van der Waals surface area contributed by atoms with Crippen molar-refractivity contribution in [3.63, 3.8) is 0 Å². The van der Waals surface area contributed by atoms with E-state index in [-0.39, 0.29) is 59.9 Å². The second-order valence-electron chi connectivity index (χ2n) is 22.0. The minimum absolute atomic E-state index is 0.00316. The number of piperidine rings is 2. The highest BCUT2D eigenvalue weighted by Crippen LogP contribution is 2.45. The van der Waals surface area contributed by atoms with Crippen LogP contribution in [0.4, 0.5) is 0 Å². The van der Waals surface area contributed by atoms with Crippen LogP contribution >= 0.6 is 0 Å². The lowest BCUT2D eigenvalue weighted by Gasteiger charge is -2.42. The average molecular weight is 1070 g/mol. The summed E-state index contributed by atoms with van der Waals surface area (Å²) in [6, 6.07) is 26.8. The number of nitrogens with zero attached hydrogens (tertiary/aromatic N) is 6. The van der Waals surface area contributed by atoms with Crippen LogP contribution in [-0.2, 0) is 26.2 Å². The number of para-hydroxylation sites is 1. The number of hydrogen-bond acceptors (Lipinski definition) is 10. The number of nitrogens with one attached hydrogen (secondary N) is 4. The normalized spacial score (nSPS) is 17.2. The van der Waals surface area contributed by atoms with E-state index in [0.29, 0.717) is 51.1 Å². The summed E-state index contributed by atoms with van der Waals surface area (Å²) in [4.78, 5) is 75.4. The van der Waals surface area contributed by atoms with Gasteiger partial charge in [-0.1, -0.05) is 24.3 Å². The molecule has 2 aliphatic heterocycles. The maximum atomic E-state index is 15.0. The molecule has 8 aromatic rings. The van der Waals surface area contributed by atoms with Gasteiger partial charge in [-0.2, -0.15) is 0 Å². The van der Waals surface area contributed by atoms with Crippen LogP contribution in [-0.4, -0.2) is 91.1 Å². The van der Waals surface area contributed by atoms with Crippen molar-refractivity contribution in [2.45, 2.75) is 112 Å². The maximum absolute atomic E-state index is 15.0. The Morgan fingerprint density at radius 3 is 1.82 bits per heavy atom. The standard InChI is InChI=1S/C63H74N10O6/c1-37-28-45(18-24-65-37)35-71-27-21-48(41(5)73-42(6)58(49-12-10-11-13-54(49)73)62(76)66-32-51-56(78-8)29-38(2)68-60(51)74)53(36-71)47-14-15-55-50(31-47)59(63(77)67-33-52-57(79-9)30-39(3)69-61(52)75)43(7)72(55)40(4)46-19-25-70(26-20-46)34-44-16-22-64-23-17-44/h10-18,22-24,28-31,40-41,46,48,53H,19-21,25-27,32-36H2,1-9H3,(H,66,76)(H,67,77)(H,68,74)(H,69,75)/t40-,41-,48?,53?/m1/s1. The summed E-state index contributed by atoms with van der Waals surface area (Å²) in [6.07, 6.45) is 8.50. The van der Waals surface area contributed by atoms with Crippen molar-refractivity contribution >= 4 is 33.6 Å². The smallest absolute Gasteiger partial charge is 0.256 e. The molecule has 2 fully saturated rings. The summed E-state index contributed by atoms with van der Waals surface area (Å²) in [5.74, 6) is 0.807. The third-order valence-electron chi connectivity index (χ3n) is 17.1. The molecular weight excluding hydrogens is 993 g/mol. The Morgan fingerprint density at radius 1 is 0.646 bits per heavy atom. The van der Waals surface area contributed by atoms with E-state index >= 15 is 4.79 Å². The Balaban J connectivity index is 1.03. The molecule has 79 heavy (non-hydrogen) atoms. The number of benzene rings is 2. The topological polar surface area (TPSA) is 184 Å². The van der Waals surface area contributed by atoms with E-state index in [1.807, 2.05) is 50.6 Å². The van der Waals surface area contributed by atoms with E-state index < -0.39 is 0 Å². The number of fused-ring (bicyclic) bond motifs is 2. The summed E-state index contributed by atoms with van der Waals surface area (Å²) in [5, 5.41) is 7.93. The fraction of sp³-hybridized carbons (Fsp3) is 0.397. The lowest BCUT2D eigenvalue weighted by atomic mass is 9.76. The zero-order chi connectivity index (χ0) is 55.6. The van der Waals surface area contributed by atoms with Gasteiger partial charge in [0, 0.05) is 107 Å². The molecule has 0 spiro atoms. The van der Waals surface area contributed by atoms with Crippen LogP contribution in [0, 0.1) is 46.5 Å². The first-order valence-electron chi connectivity index (χ1n) is 27.7. The number of methoxy groups -OCH3 is 2. The number of rotatable bonds is 17. The number of carbonyl (C=O) groups is 2. The summed E-state index contributed by atoms with van der Waals surface area (Å²) < 4.78 is 15.9. The van der Waals surface area contributed by atoms with Crippen molar-refractivity contribution in [2.75, 3.05) is 40.4 Å². The average Bonchev–Trinajstić information content (AvgIpc) is 4.18. The van der Waals surface area contributed by atoms with E-state index in [0.717, 1.165) is 103 Å². The van der Waals surface area contributed by atoms with Gasteiger partial charge in [-0.05, 0) is 170 Å². The molecule has 0 radical (unpaired) electrons. The number of hydrogen-bond donors (Lipinski definition) is 4. The van der Waals surface area contributed by atoms with Gasteiger partial charge in [-0.25, -0.2) is 0 Å². The van der Waals surface area contributed by atoms with Gasteiger partial charge in [0.2, 0.25) is 0 Å². The van der Waals surface area contributed by atoms with Crippen molar-refractivity contribution < 1.29 is 19.1 Å². The first-order valence-corrected chi connectivity index (χ1v) is 27.7. The number of aromatic amines is 2. The highest BCUT2D eigenvalue weighted by molar-refractivity contribution is 6.09. The van der Waals surface area contributed by atoms with Crippen LogP contribution in [0.3, 0.4) is 0 Å². The molecule has 10 rings (SSSR count). The summed E-state index contributed by atoms with van der Waals surface area (Å²) in [5.41, 5.74) is 10.9. The third kappa shape index (κ3) is 11.1.